The Labute approximate surface area is 100 Å². The molecule has 0 bridgehead atoms. The Bertz CT molecular complexity index is 634. The predicted octanol–water partition coefficient (Wildman–Crippen LogP) is 1.84. The van der Waals surface area contributed by atoms with Crippen molar-refractivity contribution in [3.63, 3.8) is 0 Å². The highest BCUT2D eigenvalue weighted by atomic mass is 32.1. The van der Waals surface area contributed by atoms with Gasteiger partial charge in [0.15, 0.2) is 0 Å². The Kier molecular flexibility index (Phi) is 2.30. The van der Waals surface area contributed by atoms with Gasteiger partial charge in [0.2, 0.25) is 5.82 Å². The van der Waals surface area contributed by atoms with E-state index in [4.69, 9.17) is 10.3 Å². The van der Waals surface area contributed by atoms with E-state index in [1.807, 2.05) is 0 Å². The van der Waals surface area contributed by atoms with Crippen LogP contribution in [0.5, 0.6) is 0 Å². The second-order valence-electron chi connectivity index (χ2n) is 3.26. The fourth-order valence-electron chi connectivity index (χ4n) is 1.35. The Morgan fingerprint density at radius 3 is 3.06 bits per heavy atom. The number of hydrogen-bond donors (Lipinski definition) is 1. The number of nitrogen functional groups attached to an aromatic ring is 1. The maximum absolute atomic E-state index is 5.59. The first-order valence-corrected chi connectivity index (χ1v) is 5.65. The number of thiazole rings is 1. The molecule has 0 unspecified atom stereocenters. The number of nitrogens with zero attached hydrogens (tertiary/aromatic N) is 4. The minimum atomic E-state index is 0.417. The molecule has 0 amide bonds. The highest BCUT2D eigenvalue weighted by Gasteiger charge is 2.11. The van der Waals surface area contributed by atoms with Crippen molar-refractivity contribution >= 4 is 17.2 Å². The molecule has 0 saturated heterocycles. The van der Waals surface area contributed by atoms with Crippen molar-refractivity contribution in [3.8, 4) is 22.2 Å². The molecule has 0 fully saturated rings. The largest absolute Gasteiger partial charge is 0.384 e. The third-order valence-corrected chi connectivity index (χ3v) is 2.88. The van der Waals surface area contributed by atoms with Crippen molar-refractivity contribution in [3.05, 3.63) is 30.0 Å². The van der Waals surface area contributed by atoms with Gasteiger partial charge in [0, 0.05) is 18.0 Å². The minimum absolute atomic E-state index is 0.417. The number of anilines is 1. The summed E-state index contributed by atoms with van der Waals surface area (Å²) < 4.78 is 5.16. The standard InChI is InChI=1S/C10H7N5OS/c11-8-3-6(1-2-13-8)10-14-9(15-16-10)7-4-12-5-17-7/h1-5H,(H2,11,13). The Hall–Kier alpha value is -2.28. The van der Waals surface area contributed by atoms with Crippen LogP contribution < -0.4 is 5.73 Å². The summed E-state index contributed by atoms with van der Waals surface area (Å²) in [5.41, 5.74) is 8.06. The average Bonchev–Trinajstić information content (AvgIpc) is 3.00. The van der Waals surface area contributed by atoms with E-state index in [1.165, 1.54) is 11.3 Å². The summed E-state index contributed by atoms with van der Waals surface area (Å²) in [7, 11) is 0. The molecular weight excluding hydrogens is 238 g/mol. The molecule has 6 nitrogen and oxygen atoms in total. The van der Waals surface area contributed by atoms with Crippen LogP contribution in [0, 0.1) is 0 Å². The fourth-order valence-corrected chi connectivity index (χ4v) is 1.89. The Balaban J connectivity index is 2.01. The molecule has 0 atom stereocenters. The summed E-state index contributed by atoms with van der Waals surface area (Å²) in [6.45, 7) is 0. The summed E-state index contributed by atoms with van der Waals surface area (Å²) in [5.74, 6) is 1.36. The van der Waals surface area contributed by atoms with Crippen molar-refractivity contribution in [1.29, 1.82) is 0 Å². The van der Waals surface area contributed by atoms with E-state index in [2.05, 4.69) is 20.1 Å². The minimum Gasteiger partial charge on any atom is -0.384 e. The SMILES string of the molecule is Nc1cc(-c2nc(-c3cncs3)no2)ccn1. The monoisotopic (exact) mass is 245 g/mol. The zero-order valence-electron chi connectivity index (χ0n) is 8.57. The Morgan fingerprint density at radius 2 is 2.29 bits per heavy atom. The summed E-state index contributed by atoms with van der Waals surface area (Å²) in [5, 5.41) is 3.89. The molecule has 2 N–H and O–H groups in total. The first kappa shape index (κ1) is 9.91. The molecule has 0 aromatic carbocycles. The van der Waals surface area contributed by atoms with Crippen LogP contribution in [-0.2, 0) is 0 Å². The van der Waals surface area contributed by atoms with E-state index in [1.54, 1.807) is 30.0 Å². The molecule has 0 spiro atoms. The number of nitrogens with two attached hydrogens (primary N) is 1. The lowest BCUT2D eigenvalue weighted by Gasteiger charge is -1.94. The second kappa shape index (κ2) is 3.95. The maximum atomic E-state index is 5.59. The van der Waals surface area contributed by atoms with E-state index in [-0.39, 0.29) is 0 Å². The van der Waals surface area contributed by atoms with Gasteiger partial charge in [-0.05, 0) is 12.1 Å². The Morgan fingerprint density at radius 1 is 1.35 bits per heavy atom. The van der Waals surface area contributed by atoms with E-state index < -0.39 is 0 Å². The fraction of sp³-hybridized carbons (Fsp3) is 0. The van der Waals surface area contributed by atoms with Crippen molar-refractivity contribution in [2.45, 2.75) is 0 Å². The zero-order valence-corrected chi connectivity index (χ0v) is 9.39. The van der Waals surface area contributed by atoms with E-state index in [0.29, 0.717) is 17.5 Å². The van der Waals surface area contributed by atoms with E-state index in [9.17, 15) is 0 Å². The summed E-state index contributed by atoms with van der Waals surface area (Å²) in [6.07, 6.45) is 3.29. The van der Waals surface area contributed by atoms with Crippen LogP contribution in [0.15, 0.2) is 34.6 Å². The first-order chi connectivity index (χ1) is 8.33. The van der Waals surface area contributed by atoms with Crippen molar-refractivity contribution in [2.24, 2.45) is 0 Å². The molecule has 3 aromatic heterocycles. The van der Waals surface area contributed by atoms with Gasteiger partial charge in [-0.2, -0.15) is 4.98 Å². The molecule has 3 heterocycles. The van der Waals surface area contributed by atoms with Crippen LogP contribution in [0.1, 0.15) is 0 Å². The first-order valence-electron chi connectivity index (χ1n) is 4.77. The van der Waals surface area contributed by atoms with Crippen molar-refractivity contribution in [2.75, 3.05) is 5.73 Å². The van der Waals surface area contributed by atoms with Gasteiger partial charge in [-0.1, -0.05) is 5.16 Å². The van der Waals surface area contributed by atoms with Crippen LogP contribution in [0.3, 0.4) is 0 Å². The van der Waals surface area contributed by atoms with Crippen LogP contribution in [0.4, 0.5) is 5.82 Å². The van der Waals surface area contributed by atoms with Gasteiger partial charge in [0.25, 0.3) is 5.89 Å². The molecule has 0 aliphatic rings. The molecule has 17 heavy (non-hydrogen) atoms. The molecule has 0 aliphatic carbocycles. The molecule has 0 radical (unpaired) electrons. The van der Waals surface area contributed by atoms with Gasteiger partial charge in [-0.3, -0.25) is 4.98 Å². The third-order valence-electron chi connectivity index (χ3n) is 2.11. The maximum Gasteiger partial charge on any atom is 0.258 e. The highest BCUT2D eigenvalue weighted by Crippen LogP contribution is 2.24. The highest BCUT2D eigenvalue weighted by molar-refractivity contribution is 7.13. The molecule has 84 valence electrons. The smallest absolute Gasteiger partial charge is 0.258 e. The quantitative estimate of drug-likeness (QED) is 0.740. The van der Waals surface area contributed by atoms with Gasteiger partial charge >= 0.3 is 0 Å². The van der Waals surface area contributed by atoms with Crippen LogP contribution in [-0.4, -0.2) is 20.1 Å². The van der Waals surface area contributed by atoms with Crippen LogP contribution in [0.2, 0.25) is 0 Å². The topological polar surface area (TPSA) is 90.7 Å². The van der Waals surface area contributed by atoms with Gasteiger partial charge in [-0.15, -0.1) is 11.3 Å². The number of hydrogen-bond acceptors (Lipinski definition) is 7. The lowest BCUT2D eigenvalue weighted by molar-refractivity contribution is 0.432. The summed E-state index contributed by atoms with van der Waals surface area (Å²) >= 11 is 1.45. The summed E-state index contributed by atoms with van der Waals surface area (Å²) in [6, 6.07) is 3.45. The molecule has 3 rings (SSSR count). The van der Waals surface area contributed by atoms with Crippen LogP contribution >= 0.6 is 11.3 Å². The van der Waals surface area contributed by atoms with E-state index in [0.717, 1.165) is 10.4 Å². The molecule has 0 saturated carbocycles. The number of aromatic nitrogens is 4. The van der Waals surface area contributed by atoms with Gasteiger partial charge < -0.3 is 10.3 Å². The van der Waals surface area contributed by atoms with Gasteiger partial charge in [-0.25, -0.2) is 4.98 Å². The predicted molar refractivity (Wildman–Crippen MR) is 63.0 cm³/mol. The van der Waals surface area contributed by atoms with Crippen molar-refractivity contribution < 1.29 is 4.52 Å². The van der Waals surface area contributed by atoms with Gasteiger partial charge in [0.1, 0.15) is 5.82 Å². The van der Waals surface area contributed by atoms with Crippen molar-refractivity contribution in [1.82, 2.24) is 20.1 Å². The molecule has 3 aromatic rings. The third kappa shape index (κ3) is 1.87. The number of rotatable bonds is 2. The van der Waals surface area contributed by atoms with Crippen LogP contribution in [0.25, 0.3) is 22.2 Å². The lowest BCUT2D eigenvalue weighted by Crippen LogP contribution is -1.89. The average molecular weight is 245 g/mol. The molecule has 7 heteroatoms. The molecular formula is C10H7N5OS. The normalized spacial score (nSPS) is 10.6. The zero-order chi connectivity index (χ0) is 11.7. The molecule has 0 aliphatic heterocycles. The summed E-state index contributed by atoms with van der Waals surface area (Å²) in [4.78, 5) is 13.0. The van der Waals surface area contributed by atoms with E-state index >= 15 is 0 Å². The second-order valence-corrected chi connectivity index (χ2v) is 4.14. The lowest BCUT2D eigenvalue weighted by atomic mass is 10.2. The number of pyridine rings is 1. The van der Waals surface area contributed by atoms with Gasteiger partial charge in [0.05, 0.1) is 10.4 Å².